The summed E-state index contributed by atoms with van der Waals surface area (Å²) in [6.45, 7) is 4.56. The van der Waals surface area contributed by atoms with Crippen LogP contribution in [0.5, 0.6) is 11.5 Å². The van der Waals surface area contributed by atoms with Crippen LogP contribution in [0, 0.1) is 13.8 Å². The summed E-state index contributed by atoms with van der Waals surface area (Å²) in [6.07, 6.45) is 1.65. The minimum Gasteiger partial charge on any atom is -0.489 e. The molecule has 0 aliphatic carbocycles. The fourth-order valence-corrected chi connectivity index (χ4v) is 3.43. The molecular formula is C24H18Cl2O3. The molecule has 146 valence electrons. The number of rotatable bonds is 4. The van der Waals surface area contributed by atoms with Crippen LogP contribution in [0.4, 0.5) is 0 Å². The number of Topliss-reactive ketones (excluding diaryl/α,β-unsaturated/α-hetero) is 1. The first-order valence-electron chi connectivity index (χ1n) is 9.13. The summed E-state index contributed by atoms with van der Waals surface area (Å²) in [5.74, 6) is 1.20. The number of hydrogen-bond acceptors (Lipinski definition) is 3. The van der Waals surface area contributed by atoms with Gasteiger partial charge in [0, 0.05) is 6.07 Å². The van der Waals surface area contributed by atoms with E-state index in [2.05, 4.69) is 32.0 Å². The number of carbonyl (C=O) groups excluding carboxylic acids is 1. The van der Waals surface area contributed by atoms with Crippen molar-refractivity contribution in [1.29, 1.82) is 0 Å². The molecule has 3 aromatic carbocycles. The molecule has 0 fully saturated rings. The second-order valence-corrected chi connectivity index (χ2v) is 7.80. The maximum absolute atomic E-state index is 12.6. The first-order chi connectivity index (χ1) is 13.9. The molecule has 0 aromatic heterocycles. The van der Waals surface area contributed by atoms with E-state index in [1.807, 2.05) is 0 Å². The van der Waals surface area contributed by atoms with Gasteiger partial charge in [0.25, 0.3) is 0 Å². The van der Waals surface area contributed by atoms with Crippen molar-refractivity contribution >= 4 is 35.1 Å². The number of ether oxygens (including phenoxy) is 2. The monoisotopic (exact) mass is 424 g/mol. The van der Waals surface area contributed by atoms with Gasteiger partial charge in [-0.15, -0.1) is 0 Å². The van der Waals surface area contributed by atoms with Crippen LogP contribution in [0.3, 0.4) is 0 Å². The normalized spacial score (nSPS) is 14.1. The number of carbonyl (C=O) groups is 1. The van der Waals surface area contributed by atoms with Crippen molar-refractivity contribution < 1.29 is 14.3 Å². The molecule has 0 radical (unpaired) electrons. The molecule has 29 heavy (non-hydrogen) atoms. The lowest BCUT2D eigenvalue weighted by Crippen LogP contribution is -1.99. The third-order valence-electron chi connectivity index (χ3n) is 4.78. The van der Waals surface area contributed by atoms with Crippen LogP contribution in [-0.4, -0.2) is 5.78 Å². The van der Waals surface area contributed by atoms with Gasteiger partial charge in [0.05, 0.1) is 15.6 Å². The van der Waals surface area contributed by atoms with Gasteiger partial charge < -0.3 is 9.47 Å². The Bertz CT molecular complexity index is 1150. The van der Waals surface area contributed by atoms with E-state index in [0.29, 0.717) is 33.7 Å². The molecular weight excluding hydrogens is 407 g/mol. The minimum atomic E-state index is -0.174. The van der Waals surface area contributed by atoms with Crippen LogP contribution in [-0.2, 0) is 6.61 Å². The van der Waals surface area contributed by atoms with Crippen molar-refractivity contribution in [1.82, 2.24) is 0 Å². The van der Waals surface area contributed by atoms with Gasteiger partial charge in [-0.3, -0.25) is 4.79 Å². The Morgan fingerprint density at radius 2 is 1.79 bits per heavy atom. The van der Waals surface area contributed by atoms with E-state index in [4.69, 9.17) is 32.7 Å². The van der Waals surface area contributed by atoms with Gasteiger partial charge in [-0.25, -0.2) is 0 Å². The Morgan fingerprint density at radius 1 is 0.966 bits per heavy atom. The largest absolute Gasteiger partial charge is 0.489 e. The van der Waals surface area contributed by atoms with Gasteiger partial charge in [-0.05, 0) is 60.9 Å². The Kier molecular flexibility index (Phi) is 5.35. The zero-order chi connectivity index (χ0) is 20.5. The molecule has 1 aliphatic rings. The molecule has 1 aliphatic heterocycles. The van der Waals surface area contributed by atoms with Crippen molar-refractivity contribution in [2.45, 2.75) is 20.5 Å². The van der Waals surface area contributed by atoms with Crippen LogP contribution in [0.2, 0.25) is 10.0 Å². The second-order valence-electron chi connectivity index (χ2n) is 6.99. The zero-order valence-electron chi connectivity index (χ0n) is 16.0. The fourth-order valence-electron chi connectivity index (χ4n) is 3.13. The van der Waals surface area contributed by atoms with Crippen molar-refractivity contribution in [3.63, 3.8) is 0 Å². The van der Waals surface area contributed by atoms with Crippen LogP contribution in [0.15, 0.2) is 60.4 Å². The lowest BCUT2D eigenvalue weighted by molar-refractivity contribution is 0.101. The SMILES string of the molecule is Cc1ccc(C)c(COc2ccc3c(c2)O/C(=C\c2ccc(Cl)c(Cl)c2)C3=O)c1. The average molecular weight is 425 g/mol. The highest BCUT2D eigenvalue weighted by Crippen LogP contribution is 2.35. The first-order valence-corrected chi connectivity index (χ1v) is 9.88. The molecule has 4 rings (SSSR count). The Labute approximate surface area is 179 Å². The number of aryl methyl sites for hydroxylation is 2. The van der Waals surface area contributed by atoms with Gasteiger partial charge >= 0.3 is 0 Å². The standard InChI is InChI=1S/C24H18Cl2O3/c1-14-3-4-15(2)17(9-14)13-28-18-6-7-19-22(12-18)29-23(24(19)27)11-16-5-8-20(25)21(26)10-16/h3-12H,13H2,1-2H3/b23-11-. The van der Waals surface area contributed by atoms with Crippen molar-refractivity contribution in [3.05, 3.63) is 98.2 Å². The summed E-state index contributed by atoms with van der Waals surface area (Å²) in [6, 6.07) is 16.7. The summed E-state index contributed by atoms with van der Waals surface area (Å²) < 4.78 is 11.7. The van der Waals surface area contributed by atoms with Crippen LogP contribution in [0.25, 0.3) is 6.08 Å². The predicted molar refractivity (Wildman–Crippen MR) is 116 cm³/mol. The van der Waals surface area contributed by atoms with E-state index >= 15 is 0 Å². The molecule has 0 unspecified atom stereocenters. The summed E-state index contributed by atoms with van der Waals surface area (Å²) in [5, 5.41) is 0.882. The molecule has 0 amide bonds. The van der Waals surface area contributed by atoms with Crippen LogP contribution >= 0.6 is 23.2 Å². The van der Waals surface area contributed by atoms with E-state index in [9.17, 15) is 4.79 Å². The number of ketones is 1. The van der Waals surface area contributed by atoms with E-state index in [0.717, 1.165) is 11.1 Å². The van der Waals surface area contributed by atoms with Crippen LogP contribution in [0.1, 0.15) is 32.6 Å². The molecule has 0 saturated heterocycles. The quantitative estimate of drug-likeness (QED) is 0.431. The van der Waals surface area contributed by atoms with E-state index in [1.165, 1.54) is 11.1 Å². The molecule has 0 N–H and O–H groups in total. The summed E-state index contributed by atoms with van der Waals surface area (Å²) in [4.78, 5) is 12.6. The third-order valence-corrected chi connectivity index (χ3v) is 5.52. The van der Waals surface area contributed by atoms with Gasteiger partial charge in [0.2, 0.25) is 5.78 Å². The lowest BCUT2D eigenvalue weighted by atomic mass is 10.1. The molecule has 3 nitrogen and oxygen atoms in total. The number of halogens is 2. The lowest BCUT2D eigenvalue weighted by Gasteiger charge is -2.10. The first kappa shape index (κ1) is 19.6. The highest BCUT2D eigenvalue weighted by atomic mass is 35.5. The second kappa shape index (κ2) is 7.94. The summed E-state index contributed by atoms with van der Waals surface area (Å²) in [7, 11) is 0. The van der Waals surface area contributed by atoms with Crippen molar-refractivity contribution in [2.75, 3.05) is 0 Å². The predicted octanol–water partition coefficient (Wildman–Crippen LogP) is 6.81. The molecule has 0 bridgehead atoms. The number of fused-ring (bicyclic) bond motifs is 1. The zero-order valence-corrected chi connectivity index (χ0v) is 17.5. The van der Waals surface area contributed by atoms with E-state index in [-0.39, 0.29) is 11.5 Å². The Balaban J connectivity index is 1.53. The van der Waals surface area contributed by atoms with Crippen LogP contribution < -0.4 is 9.47 Å². The molecule has 1 heterocycles. The highest BCUT2D eigenvalue weighted by Gasteiger charge is 2.27. The minimum absolute atomic E-state index is 0.174. The van der Waals surface area contributed by atoms with Crippen molar-refractivity contribution in [3.8, 4) is 11.5 Å². The highest BCUT2D eigenvalue weighted by molar-refractivity contribution is 6.42. The van der Waals surface area contributed by atoms with E-state index < -0.39 is 0 Å². The molecule has 0 spiro atoms. The maximum Gasteiger partial charge on any atom is 0.231 e. The molecule has 5 heteroatoms. The fraction of sp³-hybridized carbons (Fsp3) is 0.125. The summed E-state index contributed by atoms with van der Waals surface area (Å²) in [5.41, 5.74) is 4.74. The van der Waals surface area contributed by atoms with Gasteiger partial charge in [-0.2, -0.15) is 0 Å². The Morgan fingerprint density at radius 3 is 2.59 bits per heavy atom. The van der Waals surface area contributed by atoms with Gasteiger partial charge in [0.15, 0.2) is 5.76 Å². The third kappa shape index (κ3) is 4.16. The summed E-state index contributed by atoms with van der Waals surface area (Å²) >= 11 is 12.0. The molecule has 3 aromatic rings. The Hall–Kier alpha value is -2.75. The van der Waals surface area contributed by atoms with Gasteiger partial charge in [-0.1, -0.05) is 53.0 Å². The van der Waals surface area contributed by atoms with Crippen molar-refractivity contribution in [2.24, 2.45) is 0 Å². The molecule has 0 atom stereocenters. The number of hydrogen-bond donors (Lipinski definition) is 0. The smallest absolute Gasteiger partial charge is 0.231 e. The number of allylic oxidation sites excluding steroid dienone is 1. The topological polar surface area (TPSA) is 35.5 Å². The average Bonchev–Trinajstić information content (AvgIpc) is 3.00. The van der Waals surface area contributed by atoms with E-state index in [1.54, 1.807) is 42.5 Å². The number of benzene rings is 3. The molecule has 0 saturated carbocycles. The maximum atomic E-state index is 12.6. The van der Waals surface area contributed by atoms with Gasteiger partial charge in [0.1, 0.15) is 18.1 Å².